The summed E-state index contributed by atoms with van der Waals surface area (Å²) < 4.78 is 34.6. The predicted octanol–water partition coefficient (Wildman–Crippen LogP) is 2.14. The van der Waals surface area contributed by atoms with Gasteiger partial charge in [-0.25, -0.2) is 0 Å². The molecule has 0 aliphatic carbocycles. The summed E-state index contributed by atoms with van der Waals surface area (Å²) in [6.45, 7) is -3.78. The molecular formula is C4H6BF3N-. The smallest absolute Gasteiger partial charge is 0.449 e. The first-order valence-electron chi connectivity index (χ1n) is 2.55. The molecule has 0 aliphatic heterocycles. The summed E-state index contributed by atoms with van der Waals surface area (Å²) in [4.78, 5) is 0. The summed E-state index contributed by atoms with van der Waals surface area (Å²) in [5.41, 5.74) is 0. The molecule has 0 saturated carbocycles. The summed E-state index contributed by atoms with van der Waals surface area (Å²) in [5, 5.41) is 7.86. The summed E-state index contributed by atoms with van der Waals surface area (Å²) in [6.07, 6.45) is -0.427. The Hall–Kier alpha value is -0.655. The van der Waals surface area contributed by atoms with Crippen molar-refractivity contribution < 1.29 is 12.9 Å². The van der Waals surface area contributed by atoms with Crippen LogP contribution in [0.3, 0.4) is 0 Å². The Bertz CT molecular complexity index is 125. The number of hydrogen-bond acceptors (Lipinski definition) is 1. The van der Waals surface area contributed by atoms with Crippen LogP contribution in [0.4, 0.5) is 12.9 Å². The van der Waals surface area contributed by atoms with Gasteiger partial charge in [-0.2, -0.15) is 5.26 Å². The molecule has 0 aromatic carbocycles. The number of rotatable bonds is 2. The molecule has 1 unspecified atom stereocenters. The van der Waals surface area contributed by atoms with Crippen LogP contribution in [0.15, 0.2) is 0 Å². The first kappa shape index (κ1) is 8.34. The molecule has 9 heavy (non-hydrogen) atoms. The second kappa shape index (κ2) is 2.76. The van der Waals surface area contributed by atoms with E-state index >= 15 is 0 Å². The van der Waals surface area contributed by atoms with E-state index in [1.54, 1.807) is 0 Å². The van der Waals surface area contributed by atoms with Crippen molar-refractivity contribution in [1.29, 1.82) is 5.26 Å². The molecule has 52 valence electrons. The van der Waals surface area contributed by atoms with Gasteiger partial charge in [-0.05, 0) is 0 Å². The molecular weight excluding hydrogens is 130 g/mol. The maximum absolute atomic E-state index is 11.5. The summed E-state index contributed by atoms with van der Waals surface area (Å²) in [6, 6.07) is 1.47. The number of nitrogens with zero attached hydrogens (tertiary/aromatic N) is 1. The highest BCUT2D eigenvalue weighted by Gasteiger charge is 2.30. The Morgan fingerprint density at radius 3 is 2.11 bits per heavy atom. The number of hydrogen-bond donors (Lipinski definition) is 0. The van der Waals surface area contributed by atoms with Crippen molar-refractivity contribution in [2.45, 2.75) is 19.2 Å². The molecule has 0 spiro atoms. The molecule has 0 heterocycles. The lowest BCUT2D eigenvalue weighted by atomic mass is 9.72. The van der Waals surface area contributed by atoms with E-state index < -0.39 is 19.2 Å². The fourth-order valence-corrected chi connectivity index (χ4v) is 0.278. The molecule has 5 heteroatoms. The lowest BCUT2D eigenvalue weighted by molar-refractivity contribution is 0.440. The van der Waals surface area contributed by atoms with E-state index in [1.807, 2.05) is 0 Å². The molecule has 0 aromatic rings. The van der Waals surface area contributed by atoms with Crippen LogP contribution in [0.5, 0.6) is 0 Å². The molecule has 0 N–H and O–H groups in total. The monoisotopic (exact) mass is 136 g/mol. The third-order valence-corrected chi connectivity index (χ3v) is 1.06. The molecule has 0 rings (SSSR count). The zero-order chi connectivity index (χ0) is 7.49. The third kappa shape index (κ3) is 3.01. The minimum atomic E-state index is -4.79. The van der Waals surface area contributed by atoms with Crippen molar-refractivity contribution in [3.63, 3.8) is 0 Å². The molecule has 1 atom stereocenters. The minimum absolute atomic E-state index is 0.427. The fraction of sp³-hybridized carbons (Fsp3) is 0.750. The summed E-state index contributed by atoms with van der Waals surface area (Å²) in [7, 11) is 0. The molecule has 0 amide bonds. The van der Waals surface area contributed by atoms with Crippen molar-refractivity contribution >= 4 is 6.98 Å². The van der Waals surface area contributed by atoms with Crippen molar-refractivity contribution in [3.8, 4) is 6.07 Å². The molecule has 0 saturated heterocycles. The average Bonchev–Trinajstić information content (AvgIpc) is 1.64. The van der Waals surface area contributed by atoms with Gasteiger partial charge < -0.3 is 12.9 Å². The van der Waals surface area contributed by atoms with Crippen molar-refractivity contribution in [3.05, 3.63) is 0 Å². The van der Waals surface area contributed by atoms with Gasteiger partial charge >= 0.3 is 6.98 Å². The van der Waals surface area contributed by atoms with Crippen molar-refractivity contribution in [1.82, 2.24) is 0 Å². The van der Waals surface area contributed by atoms with Crippen LogP contribution in [0.25, 0.3) is 0 Å². The SMILES string of the molecule is CC(CC#N)[B-](F)(F)F. The second-order valence-corrected chi connectivity index (χ2v) is 1.96. The lowest BCUT2D eigenvalue weighted by Crippen LogP contribution is -2.21. The molecule has 0 bridgehead atoms. The maximum atomic E-state index is 11.5. The zero-order valence-corrected chi connectivity index (χ0v) is 4.94. The predicted molar refractivity (Wildman–Crippen MR) is 28.7 cm³/mol. The van der Waals surface area contributed by atoms with Gasteiger partial charge in [-0.3, -0.25) is 0 Å². The highest BCUT2D eigenvalue weighted by molar-refractivity contribution is 6.60. The Kier molecular flexibility index (Phi) is 2.56. The molecule has 1 nitrogen and oxygen atoms in total. The van der Waals surface area contributed by atoms with Gasteiger partial charge in [0.15, 0.2) is 0 Å². The Morgan fingerprint density at radius 1 is 1.56 bits per heavy atom. The van der Waals surface area contributed by atoms with E-state index in [0.717, 1.165) is 6.92 Å². The van der Waals surface area contributed by atoms with Gasteiger partial charge in [0, 0.05) is 6.42 Å². The molecule has 0 aliphatic rings. The van der Waals surface area contributed by atoms with E-state index in [1.165, 1.54) is 6.07 Å². The Morgan fingerprint density at radius 2 is 2.00 bits per heavy atom. The summed E-state index contributed by atoms with van der Waals surface area (Å²) >= 11 is 0. The standard InChI is InChI=1S/C4H6BF3N/c1-4(2-3-9)5(6,7)8/h4H,2H2,1H3/q-1. The van der Waals surface area contributed by atoms with E-state index in [-0.39, 0.29) is 0 Å². The van der Waals surface area contributed by atoms with E-state index in [2.05, 4.69) is 0 Å². The van der Waals surface area contributed by atoms with Gasteiger partial charge in [0.05, 0.1) is 6.07 Å². The second-order valence-electron chi connectivity index (χ2n) is 1.96. The molecule has 0 aromatic heterocycles. The van der Waals surface area contributed by atoms with E-state index in [9.17, 15) is 12.9 Å². The highest BCUT2D eigenvalue weighted by Crippen LogP contribution is 2.27. The first-order chi connectivity index (χ1) is 3.98. The largest absolute Gasteiger partial charge is 0.482 e. The number of halogens is 3. The first-order valence-corrected chi connectivity index (χ1v) is 2.55. The fourth-order valence-electron chi connectivity index (χ4n) is 0.278. The van der Waals surface area contributed by atoms with E-state index in [4.69, 9.17) is 5.26 Å². The molecule has 0 radical (unpaired) electrons. The topological polar surface area (TPSA) is 23.8 Å². The third-order valence-electron chi connectivity index (χ3n) is 1.06. The van der Waals surface area contributed by atoms with Crippen molar-refractivity contribution in [2.75, 3.05) is 0 Å². The highest BCUT2D eigenvalue weighted by atomic mass is 19.4. The van der Waals surface area contributed by atoms with Gasteiger partial charge in [0.25, 0.3) is 0 Å². The molecule has 0 fully saturated rings. The minimum Gasteiger partial charge on any atom is -0.449 e. The number of nitriles is 1. The quantitative estimate of drug-likeness (QED) is 0.533. The Balaban J connectivity index is 3.76. The van der Waals surface area contributed by atoms with Gasteiger partial charge in [0.2, 0.25) is 0 Å². The van der Waals surface area contributed by atoms with Crippen LogP contribution in [-0.2, 0) is 0 Å². The summed E-state index contributed by atoms with van der Waals surface area (Å²) in [5.74, 6) is -1.44. The normalized spacial score (nSPS) is 14.6. The van der Waals surface area contributed by atoms with Gasteiger partial charge in [-0.1, -0.05) is 12.7 Å². The van der Waals surface area contributed by atoms with Crippen LogP contribution in [0.2, 0.25) is 5.82 Å². The zero-order valence-electron chi connectivity index (χ0n) is 4.94. The lowest BCUT2D eigenvalue weighted by Gasteiger charge is -2.18. The van der Waals surface area contributed by atoms with Crippen LogP contribution < -0.4 is 0 Å². The van der Waals surface area contributed by atoms with Crippen LogP contribution in [0.1, 0.15) is 13.3 Å². The van der Waals surface area contributed by atoms with E-state index in [0.29, 0.717) is 0 Å². The van der Waals surface area contributed by atoms with Gasteiger partial charge in [0.1, 0.15) is 0 Å². The Labute approximate surface area is 51.5 Å². The van der Waals surface area contributed by atoms with Crippen LogP contribution >= 0.6 is 0 Å². The van der Waals surface area contributed by atoms with Gasteiger partial charge in [-0.15, -0.1) is 0 Å². The van der Waals surface area contributed by atoms with Crippen LogP contribution in [0, 0.1) is 11.3 Å². The van der Waals surface area contributed by atoms with Crippen molar-refractivity contribution in [2.24, 2.45) is 0 Å². The average molecular weight is 136 g/mol. The maximum Gasteiger partial charge on any atom is 0.482 e. The van der Waals surface area contributed by atoms with Crippen LogP contribution in [-0.4, -0.2) is 6.98 Å².